The zero-order valence-electron chi connectivity index (χ0n) is 11.6. The molecule has 0 N–H and O–H groups in total. The number of allylic oxidation sites excluding steroid dienone is 2. The maximum Gasteiger partial charge on any atom is 0.170 e. The van der Waals surface area contributed by atoms with Crippen molar-refractivity contribution in [2.75, 3.05) is 0 Å². The molecule has 0 aromatic heterocycles. The molecule has 0 bridgehead atoms. The normalized spacial score (nSPS) is 33.5. The van der Waals surface area contributed by atoms with Crippen molar-refractivity contribution >= 4 is 11.6 Å². The van der Waals surface area contributed by atoms with Crippen molar-refractivity contribution in [2.45, 2.75) is 27.2 Å². The summed E-state index contributed by atoms with van der Waals surface area (Å²) in [6, 6.07) is 7.24. The van der Waals surface area contributed by atoms with E-state index in [0.717, 1.165) is 0 Å². The summed E-state index contributed by atoms with van der Waals surface area (Å²) in [5, 5.41) is 0. The van der Waals surface area contributed by atoms with Gasteiger partial charge in [-0.15, -0.1) is 0 Å². The van der Waals surface area contributed by atoms with Crippen LogP contribution in [-0.2, 0) is 0 Å². The second-order valence-electron chi connectivity index (χ2n) is 6.08. The van der Waals surface area contributed by atoms with E-state index in [9.17, 15) is 9.59 Å². The molecule has 1 unspecified atom stereocenters. The van der Waals surface area contributed by atoms with Crippen molar-refractivity contribution in [3.8, 4) is 0 Å². The number of ketones is 2. The Morgan fingerprint density at radius 3 is 2.47 bits per heavy atom. The van der Waals surface area contributed by atoms with Crippen LogP contribution >= 0.6 is 0 Å². The minimum absolute atomic E-state index is 0.128. The van der Waals surface area contributed by atoms with Crippen LogP contribution in [0.25, 0.3) is 0 Å². The monoisotopic (exact) mass is 254 g/mol. The molecule has 2 nitrogen and oxygen atoms in total. The molecule has 3 rings (SSSR count). The molecule has 0 saturated heterocycles. The third-order valence-corrected chi connectivity index (χ3v) is 4.99. The molecule has 2 heteroatoms. The number of hydrogen-bond acceptors (Lipinski definition) is 2. The van der Waals surface area contributed by atoms with Crippen LogP contribution < -0.4 is 0 Å². The van der Waals surface area contributed by atoms with Crippen molar-refractivity contribution in [3.63, 3.8) is 0 Å². The van der Waals surface area contributed by atoms with E-state index >= 15 is 0 Å². The summed E-state index contributed by atoms with van der Waals surface area (Å²) in [5.74, 6) is 0.199. The van der Waals surface area contributed by atoms with Gasteiger partial charge in [-0.1, -0.05) is 49.8 Å². The fraction of sp³-hybridized carbons (Fsp3) is 0.412. The van der Waals surface area contributed by atoms with Gasteiger partial charge in [-0.05, 0) is 19.3 Å². The number of carbonyl (C=O) groups excluding carboxylic acids is 2. The van der Waals surface area contributed by atoms with E-state index in [1.807, 2.05) is 19.1 Å². The van der Waals surface area contributed by atoms with Gasteiger partial charge in [0.2, 0.25) is 0 Å². The summed E-state index contributed by atoms with van der Waals surface area (Å²) in [6.45, 7) is 6.07. The van der Waals surface area contributed by atoms with E-state index < -0.39 is 5.41 Å². The van der Waals surface area contributed by atoms with Gasteiger partial charge < -0.3 is 0 Å². The molecule has 0 spiro atoms. The minimum atomic E-state index is -0.565. The van der Waals surface area contributed by atoms with Gasteiger partial charge in [0.05, 0.1) is 0 Å². The smallest absolute Gasteiger partial charge is 0.170 e. The lowest BCUT2D eigenvalue weighted by Gasteiger charge is -2.45. The summed E-state index contributed by atoms with van der Waals surface area (Å²) in [4.78, 5) is 25.6. The molecule has 98 valence electrons. The molecule has 1 aromatic carbocycles. The maximum absolute atomic E-state index is 12.8. The Labute approximate surface area is 113 Å². The van der Waals surface area contributed by atoms with Gasteiger partial charge in [-0.25, -0.2) is 0 Å². The first-order valence-corrected chi connectivity index (χ1v) is 6.81. The predicted octanol–water partition coefficient (Wildman–Crippen LogP) is 3.67. The third-order valence-electron chi connectivity index (χ3n) is 4.99. The average molecular weight is 254 g/mol. The van der Waals surface area contributed by atoms with Crippen LogP contribution in [0.4, 0.5) is 0 Å². The molecule has 2 aliphatic carbocycles. The lowest BCUT2D eigenvalue weighted by Crippen LogP contribution is -2.49. The molecule has 0 amide bonds. The summed E-state index contributed by atoms with van der Waals surface area (Å²) >= 11 is 0. The van der Waals surface area contributed by atoms with E-state index in [0.29, 0.717) is 17.5 Å². The Balaban J connectivity index is 2.23. The zero-order chi connectivity index (χ0) is 13.8. The van der Waals surface area contributed by atoms with Gasteiger partial charge in [-0.2, -0.15) is 0 Å². The number of carbonyl (C=O) groups is 2. The van der Waals surface area contributed by atoms with E-state index in [4.69, 9.17) is 0 Å². The summed E-state index contributed by atoms with van der Waals surface area (Å²) in [5.41, 5.74) is 1.87. The van der Waals surface area contributed by atoms with Crippen LogP contribution in [-0.4, -0.2) is 11.6 Å². The van der Waals surface area contributed by atoms with Crippen LogP contribution in [0.5, 0.6) is 0 Å². The molecular formula is C17H18O2. The molecule has 2 aliphatic rings. The average Bonchev–Trinajstić information content (AvgIpc) is 2.41. The van der Waals surface area contributed by atoms with Gasteiger partial charge in [0, 0.05) is 22.5 Å². The van der Waals surface area contributed by atoms with E-state index in [-0.39, 0.29) is 23.4 Å². The van der Waals surface area contributed by atoms with E-state index in [2.05, 4.69) is 19.9 Å². The van der Waals surface area contributed by atoms with Gasteiger partial charge in [0.15, 0.2) is 11.6 Å². The molecule has 0 aliphatic heterocycles. The van der Waals surface area contributed by atoms with Crippen LogP contribution in [0.3, 0.4) is 0 Å². The first-order chi connectivity index (χ1) is 8.97. The first-order valence-electron chi connectivity index (χ1n) is 6.81. The quantitative estimate of drug-likeness (QED) is 0.662. The summed E-state index contributed by atoms with van der Waals surface area (Å²) in [6.07, 6.45) is 2.80. The lowest BCUT2D eigenvalue weighted by atomic mass is 9.55. The van der Waals surface area contributed by atoms with Gasteiger partial charge in [0.1, 0.15) is 0 Å². The van der Waals surface area contributed by atoms with E-state index in [1.165, 1.54) is 5.57 Å². The number of Topliss-reactive ketones (excluding diaryl/α,β-unsaturated/α-hetero) is 2. The molecule has 3 atom stereocenters. The molecular weight excluding hydrogens is 236 g/mol. The van der Waals surface area contributed by atoms with Crippen LogP contribution in [0.2, 0.25) is 0 Å². The third kappa shape index (κ3) is 1.49. The summed E-state index contributed by atoms with van der Waals surface area (Å²) < 4.78 is 0. The highest BCUT2D eigenvalue weighted by Crippen LogP contribution is 2.50. The fourth-order valence-electron chi connectivity index (χ4n) is 3.62. The molecule has 0 fully saturated rings. The fourth-order valence-corrected chi connectivity index (χ4v) is 3.62. The van der Waals surface area contributed by atoms with Crippen molar-refractivity contribution in [1.29, 1.82) is 0 Å². The molecule has 19 heavy (non-hydrogen) atoms. The Morgan fingerprint density at radius 1 is 1.16 bits per heavy atom. The Bertz CT molecular complexity index is 611. The largest absolute Gasteiger partial charge is 0.294 e. The molecule has 0 saturated carbocycles. The van der Waals surface area contributed by atoms with Gasteiger partial charge >= 0.3 is 0 Å². The number of fused-ring (bicyclic) bond motifs is 2. The highest BCUT2D eigenvalue weighted by atomic mass is 16.1. The predicted molar refractivity (Wildman–Crippen MR) is 74.2 cm³/mol. The number of benzene rings is 1. The van der Waals surface area contributed by atoms with Crippen molar-refractivity contribution in [3.05, 3.63) is 47.0 Å². The van der Waals surface area contributed by atoms with Crippen LogP contribution in [0, 0.1) is 17.3 Å². The number of rotatable bonds is 0. The topological polar surface area (TPSA) is 34.1 Å². The van der Waals surface area contributed by atoms with E-state index in [1.54, 1.807) is 12.1 Å². The first kappa shape index (κ1) is 12.3. The van der Waals surface area contributed by atoms with Crippen LogP contribution in [0.15, 0.2) is 35.9 Å². The highest BCUT2D eigenvalue weighted by molar-refractivity contribution is 6.17. The maximum atomic E-state index is 12.8. The van der Waals surface area contributed by atoms with Crippen LogP contribution in [0.1, 0.15) is 47.9 Å². The zero-order valence-corrected chi connectivity index (χ0v) is 11.6. The second-order valence-corrected chi connectivity index (χ2v) is 6.08. The van der Waals surface area contributed by atoms with Crippen molar-refractivity contribution in [1.82, 2.24) is 0 Å². The number of hydrogen-bond donors (Lipinski definition) is 0. The Kier molecular flexibility index (Phi) is 2.53. The highest BCUT2D eigenvalue weighted by Gasteiger charge is 2.53. The standard InChI is InChI=1S/C17H18O2/c1-10-8-9-17(3)14(11(10)2)15(18)12-6-4-5-7-13(12)16(17)19/h4-8,11,14H,9H2,1-3H3/t11?,14-,17-/m1/s1. The van der Waals surface area contributed by atoms with Gasteiger partial charge in [0.25, 0.3) is 0 Å². The van der Waals surface area contributed by atoms with Crippen molar-refractivity contribution in [2.24, 2.45) is 17.3 Å². The summed E-state index contributed by atoms with van der Waals surface area (Å²) in [7, 11) is 0. The minimum Gasteiger partial charge on any atom is -0.294 e. The molecule has 1 aromatic rings. The van der Waals surface area contributed by atoms with Gasteiger partial charge in [-0.3, -0.25) is 9.59 Å². The SMILES string of the molecule is CC1=CC[C@@]2(C)C(=O)c3ccccc3C(=O)[C@H]2C1C. The Morgan fingerprint density at radius 2 is 1.79 bits per heavy atom. The lowest BCUT2D eigenvalue weighted by molar-refractivity contribution is 0.0496. The van der Waals surface area contributed by atoms with Crippen molar-refractivity contribution < 1.29 is 9.59 Å². The molecule has 0 heterocycles. The second kappa shape index (κ2) is 3.89. The molecule has 0 radical (unpaired) electrons. The Hall–Kier alpha value is -1.70.